The van der Waals surface area contributed by atoms with Crippen LogP contribution in [0.1, 0.15) is 36.5 Å². The third kappa shape index (κ3) is 3.23. The Morgan fingerprint density at radius 2 is 2.10 bits per heavy atom. The highest BCUT2D eigenvalue weighted by Gasteiger charge is 2.29. The lowest BCUT2D eigenvalue weighted by atomic mass is 10.1. The van der Waals surface area contributed by atoms with Crippen LogP contribution in [0.2, 0.25) is 0 Å². The van der Waals surface area contributed by atoms with Crippen LogP contribution in [0.25, 0.3) is 0 Å². The number of thioether (sulfide) groups is 1. The van der Waals surface area contributed by atoms with Gasteiger partial charge in [-0.3, -0.25) is 4.79 Å². The SMILES string of the molecule is CCSC1CCCC1NC(=O)c1cc(F)c(F)cc1N. The van der Waals surface area contributed by atoms with Crippen molar-refractivity contribution in [2.45, 2.75) is 37.5 Å². The van der Waals surface area contributed by atoms with Crippen LogP contribution in [0.5, 0.6) is 0 Å². The molecular weight excluding hydrogens is 282 g/mol. The van der Waals surface area contributed by atoms with Crippen LogP contribution >= 0.6 is 11.8 Å². The fourth-order valence-electron chi connectivity index (χ4n) is 2.51. The molecular formula is C14H18F2N2OS. The highest BCUT2D eigenvalue weighted by atomic mass is 32.2. The van der Waals surface area contributed by atoms with Gasteiger partial charge < -0.3 is 11.1 Å². The lowest BCUT2D eigenvalue weighted by molar-refractivity contribution is 0.0939. The van der Waals surface area contributed by atoms with E-state index < -0.39 is 17.5 Å². The van der Waals surface area contributed by atoms with Crippen molar-refractivity contribution in [3.05, 3.63) is 29.3 Å². The van der Waals surface area contributed by atoms with Crippen LogP contribution in [-0.2, 0) is 0 Å². The van der Waals surface area contributed by atoms with Gasteiger partial charge in [-0.1, -0.05) is 13.3 Å². The van der Waals surface area contributed by atoms with Crippen molar-refractivity contribution in [1.29, 1.82) is 0 Å². The van der Waals surface area contributed by atoms with Crippen molar-refractivity contribution in [2.75, 3.05) is 11.5 Å². The van der Waals surface area contributed by atoms with E-state index in [2.05, 4.69) is 12.2 Å². The summed E-state index contributed by atoms with van der Waals surface area (Å²) in [7, 11) is 0. The van der Waals surface area contributed by atoms with Gasteiger partial charge in [0.15, 0.2) is 11.6 Å². The maximum absolute atomic E-state index is 13.2. The fourth-order valence-corrected chi connectivity index (χ4v) is 3.71. The summed E-state index contributed by atoms with van der Waals surface area (Å²) in [6.07, 6.45) is 3.04. The Bertz CT molecular complexity index is 510. The number of hydrogen-bond acceptors (Lipinski definition) is 3. The normalized spacial score (nSPS) is 21.9. The van der Waals surface area contributed by atoms with E-state index in [1.807, 2.05) is 11.8 Å². The Morgan fingerprint density at radius 1 is 1.40 bits per heavy atom. The Hall–Kier alpha value is -1.30. The van der Waals surface area contributed by atoms with Crippen LogP contribution in [0.3, 0.4) is 0 Å². The number of anilines is 1. The molecule has 0 spiro atoms. The number of carbonyl (C=O) groups is 1. The zero-order valence-corrected chi connectivity index (χ0v) is 12.1. The smallest absolute Gasteiger partial charge is 0.253 e. The summed E-state index contributed by atoms with van der Waals surface area (Å²) in [6.45, 7) is 2.08. The van der Waals surface area contributed by atoms with E-state index in [4.69, 9.17) is 5.73 Å². The predicted molar refractivity (Wildman–Crippen MR) is 77.8 cm³/mol. The van der Waals surface area contributed by atoms with Crippen LogP contribution in [0.4, 0.5) is 14.5 Å². The second kappa shape index (κ2) is 6.43. The molecule has 0 heterocycles. The summed E-state index contributed by atoms with van der Waals surface area (Å²) >= 11 is 1.81. The van der Waals surface area contributed by atoms with E-state index in [1.165, 1.54) is 0 Å². The number of nitrogens with one attached hydrogen (secondary N) is 1. The molecule has 0 radical (unpaired) electrons. The Morgan fingerprint density at radius 3 is 2.80 bits per heavy atom. The van der Waals surface area contributed by atoms with E-state index in [-0.39, 0.29) is 17.3 Å². The minimum absolute atomic E-state index is 0.00366. The average Bonchev–Trinajstić information content (AvgIpc) is 2.81. The largest absolute Gasteiger partial charge is 0.398 e. The molecule has 1 fully saturated rings. The molecule has 20 heavy (non-hydrogen) atoms. The topological polar surface area (TPSA) is 55.1 Å². The van der Waals surface area contributed by atoms with Crippen molar-refractivity contribution in [3.63, 3.8) is 0 Å². The van der Waals surface area contributed by atoms with Gasteiger partial charge >= 0.3 is 0 Å². The van der Waals surface area contributed by atoms with Gasteiger partial charge in [0.05, 0.1) is 5.56 Å². The minimum Gasteiger partial charge on any atom is -0.398 e. The summed E-state index contributed by atoms with van der Waals surface area (Å²) in [4.78, 5) is 12.1. The molecule has 110 valence electrons. The number of benzene rings is 1. The van der Waals surface area contributed by atoms with Gasteiger partial charge in [0.1, 0.15) is 0 Å². The van der Waals surface area contributed by atoms with Crippen LogP contribution in [0.15, 0.2) is 12.1 Å². The molecule has 0 aromatic heterocycles. The van der Waals surface area contributed by atoms with Gasteiger partial charge in [-0.15, -0.1) is 0 Å². The number of hydrogen-bond donors (Lipinski definition) is 2. The number of amides is 1. The van der Waals surface area contributed by atoms with Crippen molar-refractivity contribution < 1.29 is 13.6 Å². The molecule has 2 unspecified atom stereocenters. The molecule has 1 amide bonds. The summed E-state index contributed by atoms with van der Waals surface area (Å²) in [5.41, 5.74) is 5.54. The molecule has 0 saturated heterocycles. The van der Waals surface area contributed by atoms with E-state index >= 15 is 0 Å². The summed E-state index contributed by atoms with van der Waals surface area (Å²) in [6, 6.07) is 1.77. The van der Waals surface area contributed by atoms with Crippen molar-refractivity contribution >= 4 is 23.4 Å². The standard InChI is InChI=1S/C14H18F2N2OS/c1-2-20-13-5-3-4-12(13)18-14(19)8-6-9(15)10(16)7-11(8)17/h6-7,12-13H,2-5,17H2,1H3,(H,18,19). The van der Waals surface area contributed by atoms with E-state index in [9.17, 15) is 13.6 Å². The molecule has 2 atom stereocenters. The van der Waals surface area contributed by atoms with Gasteiger partial charge in [-0.2, -0.15) is 11.8 Å². The first-order valence-electron chi connectivity index (χ1n) is 6.70. The van der Waals surface area contributed by atoms with Gasteiger partial charge in [0.25, 0.3) is 5.91 Å². The molecule has 0 aliphatic heterocycles. The van der Waals surface area contributed by atoms with Crippen LogP contribution in [0, 0.1) is 11.6 Å². The maximum atomic E-state index is 13.2. The van der Waals surface area contributed by atoms with E-state index in [0.29, 0.717) is 5.25 Å². The monoisotopic (exact) mass is 300 g/mol. The third-order valence-corrected chi connectivity index (χ3v) is 4.81. The first-order chi connectivity index (χ1) is 9.52. The quantitative estimate of drug-likeness (QED) is 0.841. The molecule has 1 aliphatic carbocycles. The molecule has 3 N–H and O–H groups in total. The molecule has 1 saturated carbocycles. The number of halogens is 2. The summed E-state index contributed by atoms with van der Waals surface area (Å²) < 4.78 is 26.2. The van der Waals surface area contributed by atoms with Gasteiger partial charge in [-0.05, 0) is 24.7 Å². The molecule has 2 rings (SSSR count). The van der Waals surface area contributed by atoms with E-state index in [1.54, 1.807) is 0 Å². The van der Waals surface area contributed by atoms with Gasteiger partial charge in [0.2, 0.25) is 0 Å². The van der Waals surface area contributed by atoms with Crippen LogP contribution in [-0.4, -0.2) is 23.0 Å². The van der Waals surface area contributed by atoms with E-state index in [0.717, 1.165) is 37.1 Å². The maximum Gasteiger partial charge on any atom is 0.253 e. The summed E-state index contributed by atoms with van der Waals surface area (Å²) in [5, 5.41) is 3.27. The van der Waals surface area contributed by atoms with Gasteiger partial charge in [-0.25, -0.2) is 8.78 Å². The molecule has 0 bridgehead atoms. The average molecular weight is 300 g/mol. The number of nitrogens with two attached hydrogens (primary N) is 1. The highest BCUT2D eigenvalue weighted by molar-refractivity contribution is 7.99. The third-order valence-electron chi connectivity index (χ3n) is 3.49. The van der Waals surface area contributed by atoms with Gasteiger partial charge in [0, 0.05) is 23.0 Å². The number of rotatable bonds is 4. The molecule has 6 heteroatoms. The Kier molecular flexibility index (Phi) is 4.86. The van der Waals surface area contributed by atoms with Crippen molar-refractivity contribution in [3.8, 4) is 0 Å². The number of nitrogen functional groups attached to an aromatic ring is 1. The number of carbonyl (C=O) groups excluding carboxylic acids is 1. The minimum atomic E-state index is -1.06. The lowest BCUT2D eigenvalue weighted by Gasteiger charge is -2.20. The second-order valence-electron chi connectivity index (χ2n) is 4.86. The fraction of sp³-hybridized carbons (Fsp3) is 0.500. The van der Waals surface area contributed by atoms with Crippen LogP contribution < -0.4 is 11.1 Å². The first-order valence-corrected chi connectivity index (χ1v) is 7.74. The zero-order valence-electron chi connectivity index (χ0n) is 11.3. The second-order valence-corrected chi connectivity index (χ2v) is 6.37. The van der Waals surface area contributed by atoms with Crippen molar-refractivity contribution in [2.24, 2.45) is 0 Å². The molecule has 1 aliphatic rings. The zero-order chi connectivity index (χ0) is 14.7. The molecule has 1 aromatic carbocycles. The molecule has 1 aromatic rings. The Balaban J connectivity index is 2.10. The molecule has 3 nitrogen and oxygen atoms in total. The Labute approximate surface area is 121 Å². The highest BCUT2D eigenvalue weighted by Crippen LogP contribution is 2.30. The first kappa shape index (κ1) is 15.1. The summed E-state index contributed by atoms with van der Waals surface area (Å²) in [5.74, 6) is -1.55. The predicted octanol–water partition coefficient (Wildman–Crippen LogP) is 2.95. The lowest BCUT2D eigenvalue weighted by Crippen LogP contribution is -2.39. The van der Waals surface area contributed by atoms with Crippen molar-refractivity contribution in [1.82, 2.24) is 5.32 Å².